The van der Waals surface area contributed by atoms with E-state index in [9.17, 15) is 19.0 Å². The van der Waals surface area contributed by atoms with Gasteiger partial charge in [0.05, 0.1) is 33.8 Å². The first kappa shape index (κ1) is 62.2. The molecular formula is C54H103N2O7P. The molecule has 0 heterocycles. The van der Waals surface area contributed by atoms with Crippen molar-refractivity contribution in [3.63, 3.8) is 0 Å². The Hall–Kier alpha value is -1.77. The zero-order chi connectivity index (χ0) is 47.3. The van der Waals surface area contributed by atoms with Crippen LogP contribution in [0.3, 0.4) is 0 Å². The predicted octanol–water partition coefficient (Wildman–Crippen LogP) is 15.0. The maximum absolute atomic E-state index is 13.4. The van der Waals surface area contributed by atoms with E-state index in [1.807, 2.05) is 33.3 Å². The average Bonchev–Trinajstić information content (AvgIpc) is 3.25. The van der Waals surface area contributed by atoms with Crippen LogP contribution in [0.4, 0.5) is 0 Å². The van der Waals surface area contributed by atoms with Gasteiger partial charge in [0.2, 0.25) is 5.91 Å². The van der Waals surface area contributed by atoms with Crippen molar-refractivity contribution < 1.29 is 37.3 Å². The number of rotatable bonds is 48. The second-order valence-corrected chi connectivity index (χ2v) is 20.8. The van der Waals surface area contributed by atoms with Gasteiger partial charge in [-0.2, -0.15) is 0 Å². The van der Waals surface area contributed by atoms with Crippen molar-refractivity contribution in [2.45, 2.75) is 258 Å². The zero-order valence-electron chi connectivity index (χ0n) is 42.7. The number of hydrogen-bond acceptors (Lipinski definition) is 7. The van der Waals surface area contributed by atoms with E-state index in [0.717, 1.165) is 103 Å². The molecule has 3 atom stereocenters. The van der Waals surface area contributed by atoms with Gasteiger partial charge in [-0.1, -0.05) is 192 Å². The van der Waals surface area contributed by atoms with Crippen molar-refractivity contribution in [3.8, 4) is 0 Å². The molecule has 0 aliphatic heterocycles. The molecule has 0 rings (SSSR count). The summed E-state index contributed by atoms with van der Waals surface area (Å²) in [5.74, 6) is -0.560. The zero-order valence-corrected chi connectivity index (χ0v) is 43.6. The minimum absolute atomic E-state index is 0.0242. The lowest BCUT2D eigenvalue weighted by molar-refractivity contribution is -0.870. The largest absolute Gasteiger partial charge is 0.756 e. The van der Waals surface area contributed by atoms with E-state index in [2.05, 4.69) is 50.4 Å². The van der Waals surface area contributed by atoms with Crippen molar-refractivity contribution in [2.75, 3.05) is 40.9 Å². The van der Waals surface area contributed by atoms with Gasteiger partial charge in [0, 0.05) is 12.8 Å². The van der Waals surface area contributed by atoms with E-state index < -0.39 is 26.6 Å². The molecule has 10 heteroatoms. The van der Waals surface area contributed by atoms with E-state index in [1.54, 1.807) is 0 Å². The number of unbranched alkanes of at least 4 members (excludes halogenated alkanes) is 28. The van der Waals surface area contributed by atoms with Crippen LogP contribution >= 0.6 is 7.82 Å². The highest BCUT2D eigenvalue weighted by Gasteiger charge is 2.27. The van der Waals surface area contributed by atoms with Gasteiger partial charge in [-0.05, 0) is 76.7 Å². The molecular weight excluding hydrogens is 820 g/mol. The second kappa shape index (κ2) is 45.0. The van der Waals surface area contributed by atoms with E-state index >= 15 is 0 Å². The molecule has 0 aliphatic carbocycles. The van der Waals surface area contributed by atoms with Crippen LogP contribution in [0.5, 0.6) is 0 Å². The maximum atomic E-state index is 13.4. The minimum Gasteiger partial charge on any atom is -0.756 e. The third-order valence-electron chi connectivity index (χ3n) is 11.8. The molecule has 0 saturated carbocycles. The standard InChI is InChI=1S/C54H103N2O7P/c1-7-10-13-16-19-22-25-26-27-28-29-32-34-37-40-43-46-53(57)55-51(50-62-64(59,60)61-49-48-56(4,5)6)52(45-42-39-36-33-30-23-20-17-14-11-8-2)63-54(58)47-44-41-38-35-31-24-21-18-15-12-9-3/h18,21,27-28,42,45,51-52H,7-17,19-20,22-26,29-41,43-44,46-50H2,1-6H3,(H-,55,57,59,60)/b21-18-,28-27+,45-42-. The van der Waals surface area contributed by atoms with Gasteiger partial charge in [-0.3, -0.25) is 14.2 Å². The third-order valence-corrected chi connectivity index (χ3v) is 12.8. The minimum atomic E-state index is -4.69. The van der Waals surface area contributed by atoms with Crippen LogP contribution < -0.4 is 10.2 Å². The van der Waals surface area contributed by atoms with Gasteiger partial charge in [0.1, 0.15) is 19.3 Å². The van der Waals surface area contributed by atoms with Gasteiger partial charge >= 0.3 is 5.97 Å². The molecule has 0 bridgehead atoms. The monoisotopic (exact) mass is 923 g/mol. The van der Waals surface area contributed by atoms with Gasteiger partial charge in [-0.15, -0.1) is 0 Å². The van der Waals surface area contributed by atoms with Gasteiger partial charge in [0.25, 0.3) is 7.82 Å². The van der Waals surface area contributed by atoms with Crippen molar-refractivity contribution >= 4 is 19.7 Å². The molecule has 0 aromatic rings. The third kappa shape index (κ3) is 45.4. The summed E-state index contributed by atoms with van der Waals surface area (Å²) in [7, 11) is 1.18. The number of amides is 1. The Labute approximate surface area is 396 Å². The lowest BCUT2D eigenvalue weighted by atomic mass is 10.1. The summed E-state index contributed by atoms with van der Waals surface area (Å²) >= 11 is 0. The van der Waals surface area contributed by atoms with Crippen LogP contribution in [0.2, 0.25) is 0 Å². The number of carbonyl (C=O) groups is 2. The smallest absolute Gasteiger partial charge is 0.306 e. The summed E-state index contributed by atoms with van der Waals surface area (Å²) in [6, 6.07) is -0.890. The lowest BCUT2D eigenvalue weighted by Crippen LogP contribution is -2.47. The summed E-state index contributed by atoms with van der Waals surface area (Å²) in [5.41, 5.74) is 0. The van der Waals surface area contributed by atoms with Crippen molar-refractivity contribution in [3.05, 3.63) is 36.5 Å². The molecule has 0 radical (unpaired) electrons. The lowest BCUT2D eigenvalue weighted by Gasteiger charge is -2.30. The molecule has 0 fully saturated rings. The Morgan fingerprint density at radius 3 is 1.38 bits per heavy atom. The van der Waals surface area contributed by atoms with E-state index in [4.69, 9.17) is 13.8 Å². The first-order chi connectivity index (χ1) is 30.9. The van der Waals surface area contributed by atoms with E-state index in [0.29, 0.717) is 17.4 Å². The van der Waals surface area contributed by atoms with Gasteiger partial charge in [-0.25, -0.2) is 0 Å². The summed E-state index contributed by atoms with van der Waals surface area (Å²) in [6.07, 6.45) is 51.1. The van der Waals surface area contributed by atoms with Crippen LogP contribution in [-0.4, -0.2) is 69.4 Å². The van der Waals surface area contributed by atoms with Crippen LogP contribution in [0.15, 0.2) is 36.5 Å². The number of nitrogens with zero attached hydrogens (tertiary/aromatic N) is 1. The highest BCUT2D eigenvalue weighted by Crippen LogP contribution is 2.38. The van der Waals surface area contributed by atoms with Crippen LogP contribution in [-0.2, 0) is 27.9 Å². The number of likely N-dealkylation sites (N-methyl/N-ethyl adjacent to an activating group) is 1. The van der Waals surface area contributed by atoms with E-state index in [-0.39, 0.29) is 24.9 Å². The molecule has 0 saturated heterocycles. The molecule has 64 heavy (non-hydrogen) atoms. The predicted molar refractivity (Wildman–Crippen MR) is 270 cm³/mol. The number of phosphoric acid groups is 1. The molecule has 1 amide bonds. The van der Waals surface area contributed by atoms with Crippen molar-refractivity contribution in [1.29, 1.82) is 0 Å². The van der Waals surface area contributed by atoms with Gasteiger partial charge < -0.3 is 28.5 Å². The SMILES string of the molecule is CCCC/C=C\CCCCCCCC(=O)OC(/C=C\CCCCCCCCCCC)C(COP(=O)([O-])OCC[N+](C)(C)C)NC(=O)CCCCCCC/C=C/CCCCCCCCC. The summed E-state index contributed by atoms with van der Waals surface area (Å²) < 4.78 is 30.1. The number of hydrogen-bond donors (Lipinski definition) is 1. The summed E-state index contributed by atoms with van der Waals surface area (Å²) in [6.45, 7) is 6.78. The number of phosphoric ester groups is 1. The number of quaternary nitrogens is 1. The quantitative estimate of drug-likeness (QED) is 0.0212. The van der Waals surface area contributed by atoms with Crippen LogP contribution in [0.1, 0.15) is 245 Å². The topological polar surface area (TPSA) is 114 Å². The van der Waals surface area contributed by atoms with E-state index in [1.165, 1.54) is 109 Å². The Morgan fingerprint density at radius 2 is 0.922 bits per heavy atom. The maximum Gasteiger partial charge on any atom is 0.306 e. The first-order valence-corrected chi connectivity index (χ1v) is 28.3. The fourth-order valence-corrected chi connectivity index (χ4v) is 8.28. The first-order valence-electron chi connectivity index (χ1n) is 26.8. The second-order valence-electron chi connectivity index (χ2n) is 19.4. The van der Waals surface area contributed by atoms with Gasteiger partial charge in [0.15, 0.2) is 0 Å². The molecule has 0 aromatic carbocycles. The van der Waals surface area contributed by atoms with Crippen molar-refractivity contribution in [1.82, 2.24) is 5.32 Å². The summed E-state index contributed by atoms with van der Waals surface area (Å²) in [5, 5.41) is 3.00. The summed E-state index contributed by atoms with van der Waals surface area (Å²) in [4.78, 5) is 39.6. The fourth-order valence-electron chi connectivity index (χ4n) is 7.55. The Balaban J connectivity index is 5.38. The Morgan fingerprint density at radius 1 is 0.531 bits per heavy atom. The number of esters is 1. The van der Waals surface area contributed by atoms with Crippen LogP contribution in [0.25, 0.3) is 0 Å². The van der Waals surface area contributed by atoms with Crippen molar-refractivity contribution in [2.24, 2.45) is 0 Å². The molecule has 9 nitrogen and oxygen atoms in total. The van der Waals surface area contributed by atoms with Crippen LogP contribution in [0, 0.1) is 0 Å². The average molecular weight is 923 g/mol. The number of allylic oxidation sites excluding steroid dienone is 5. The number of carbonyl (C=O) groups excluding carboxylic acids is 2. The normalized spacial score (nSPS) is 14.2. The molecule has 0 spiro atoms. The highest BCUT2D eigenvalue weighted by atomic mass is 31.2. The molecule has 3 unspecified atom stereocenters. The molecule has 1 N–H and O–H groups in total. The highest BCUT2D eigenvalue weighted by molar-refractivity contribution is 7.45. The molecule has 376 valence electrons. The molecule has 0 aromatic heterocycles. The Bertz CT molecular complexity index is 1200. The fraction of sp³-hybridized carbons (Fsp3) is 0.852. The Kier molecular flexibility index (Phi) is 43.8. The number of ether oxygens (including phenoxy) is 1. The molecule has 0 aliphatic rings. The number of nitrogens with one attached hydrogen (secondary N) is 1.